The molecular weight excluding hydrogens is 236 g/mol. The molecule has 100 valence electrons. The third-order valence-electron chi connectivity index (χ3n) is 4.02. The maximum absolute atomic E-state index is 12.0. The molecule has 1 fully saturated rings. The lowest BCUT2D eigenvalue weighted by Gasteiger charge is -2.22. The van der Waals surface area contributed by atoms with Gasteiger partial charge in [-0.25, -0.2) is 0 Å². The normalized spacial score (nSPS) is 16.8. The van der Waals surface area contributed by atoms with Crippen molar-refractivity contribution in [1.82, 2.24) is 10.3 Å². The van der Waals surface area contributed by atoms with E-state index in [9.17, 15) is 4.79 Å². The van der Waals surface area contributed by atoms with Gasteiger partial charge in [0.2, 0.25) is 0 Å². The van der Waals surface area contributed by atoms with Gasteiger partial charge in [-0.2, -0.15) is 0 Å². The van der Waals surface area contributed by atoms with Crippen LogP contribution in [-0.4, -0.2) is 11.0 Å². The Morgan fingerprint density at radius 2 is 1.95 bits per heavy atom. The summed E-state index contributed by atoms with van der Waals surface area (Å²) >= 11 is 0. The van der Waals surface area contributed by atoms with E-state index >= 15 is 0 Å². The average Bonchev–Trinajstić information content (AvgIpc) is 2.46. The van der Waals surface area contributed by atoms with E-state index in [1.165, 1.54) is 32.1 Å². The predicted octanol–water partition coefficient (Wildman–Crippen LogP) is 2.95. The average molecular weight is 256 g/mol. The molecule has 3 rings (SSSR count). The van der Waals surface area contributed by atoms with E-state index in [1.54, 1.807) is 0 Å². The van der Waals surface area contributed by atoms with Crippen LogP contribution in [0.4, 0.5) is 0 Å². The van der Waals surface area contributed by atoms with Crippen LogP contribution >= 0.6 is 0 Å². The fraction of sp³-hybridized carbons (Fsp3) is 0.438. The molecule has 0 saturated heterocycles. The Labute approximate surface area is 113 Å². The summed E-state index contributed by atoms with van der Waals surface area (Å²) in [7, 11) is 0. The van der Waals surface area contributed by atoms with E-state index < -0.39 is 0 Å². The summed E-state index contributed by atoms with van der Waals surface area (Å²) in [6.45, 7) is 0.671. The first-order valence-corrected chi connectivity index (χ1v) is 7.17. The molecule has 1 aromatic heterocycles. The van der Waals surface area contributed by atoms with Gasteiger partial charge in [-0.05, 0) is 30.4 Å². The van der Waals surface area contributed by atoms with Gasteiger partial charge >= 0.3 is 0 Å². The number of fused-ring (bicyclic) bond motifs is 1. The highest BCUT2D eigenvalue weighted by molar-refractivity contribution is 5.78. The lowest BCUT2D eigenvalue weighted by Crippen LogP contribution is -2.32. The first-order valence-electron chi connectivity index (χ1n) is 7.17. The number of benzene rings is 1. The summed E-state index contributed by atoms with van der Waals surface area (Å²) in [6.07, 6.45) is 6.46. The van der Waals surface area contributed by atoms with Gasteiger partial charge in [0.25, 0.3) is 5.56 Å². The second-order valence-electron chi connectivity index (χ2n) is 5.43. The largest absolute Gasteiger partial charge is 0.322 e. The van der Waals surface area contributed by atoms with Gasteiger partial charge in [0.05, 0.1) is 0 Å². The van der Waals surface area contributed by atoms with Crippen LogP contribution in [0.2, 0.25) is 0 Å². The number of H-pyrrole nitrogens is 1. The van der Waals surface area contributed by atoms with Crippen LogP contribution in [0.25, 0.3) is 10.9 Å². The van der Waals surface area contributed by atoms with Gasteiger partial charge in [0.1, 0.15) is 0 Å². The van der Waals surface area contributed by atoms with Crippen molar-refractivity contribution >= 4 is 10.9 Å². The highest BCUT2D eigenvalue weighted by Crippen LogP contribution is 2.18. The molecule has 0 aliphatic heterocycles. The number of pyridine rings is 1. The lowest BCUT2D eigenvalue weighted by molar-refractivity contribution is 0.372. The van der Waals surface area contributed by atoms with Crippen LogP contribution < -0.4 is 10.9 Å². The Morgan fingerprint density at radius 3 is 2.79 bits per heavy atom. The van der Waals surface area contributed by atoms with Gasteiger partial charge in [-0.1, -0.05) is 37.5 Å². The van der Waals surface area contributed by atoms with Gasteiger partial charge in [0, 0.05) is 23.7 Å². The molecule has 0 amide bonds. The number of hydrogen-bond acceptors (Lipinski definition) is 2. The van der Waals surface area contributed by atoms with Crippen molar-refractivity contribution in [2.75, 3.05) is 0 Å². The quantitative estimate of drug-likeness (QED) is 0.886. The molecular formula is C16H20N2O. The SMILES string of the molecule is O=c1[nH]c2ccccc2cc1CNC1CCCCC1. The maximum Gasteiger partial charge on any atom is 0.252 e. The molecule has 0 bridgehead atoms. The van der Waals surface area contributed by atoms with Crippen LogP contribution in [0.3, 0.4) is 0 Å². The topological polar surface area (TPSA) is 44.9 Å². The molecule has 0 radical (unpaired) electrons. The first-order chi connectivity index (χ1) is 9.33. The number of para-hydroxylation sites is 1. The van der Waals surface area contributed by atoms with E-state index in [1.807, 2.05) is 30.3 Å². The molecule has 3 nitrogen and oxygen atoms in total. The maximum atomic E-state index is 12.0. The van der Waals surface area contributed by atoms with Crippen molar-refractivity contribution in [3.63, 3.8) is 0 Å². The molecule has 19 heavy (non-hydrogen) atoms. The predicted molar refractivity (Wildman–Crippen MR) is 78.3 cm³/mol. The van der Waals surface area contributed by atoms with Gasteiger partial charge in [0.15, 0.2) is 0 Å². The smallest absolute Gasteiger partial charge is 0.252 e. The highest BCUT2D eigenvalue weighted by atomic mass is 16.1. The third-order valence-corrected chi connectivity index (χ3v) is 4.02. The molecule has 0 atom stereocenters. The number of aromatic nitrogens is 1. The van der Waals surface area contributed by atoms with Gasteiger partial charge < -0.3 is 10.3 Å². The summed E-state index contributed by atoms with van der Waals surface area (Å²) < 4.78 is 0. The zero-order valence-electron chi connectivity index (χ0n) is 11.1. The van der Waals surface area contributed by atoms with Crippen molar-refractivity contribution in [2.45, 2.75) is 44.7 Å². The van der Waals surface area contributed by atoms with E-state index in [0.717, 1.165) is 16.5 Å². The van der Waals surface area contributed by atoms with Crippen LogP contribution in [0.15, 0.2) is 35.1 Å². The van der Waals surface area contributed by atoms with Crippen LogP contribution in [-0.2, 0) is 6.54 Å². The zero-order chi connectivity index (χ0) is 13.1. The number of aromatic amines is 1. The standard InChI is InChI=1S/C16H20N2O/c19-16-13(11-17-14-7-2-1-3-8-14)10-12-6-4-5-9-15(12)18-16/h4-6,9-10,14,17H,1-3,7-8,11H2,(H,18,19). The second-order valence-corrected chi connectivity index (χ2v) is 5.43. The molecule has 1 aliphatic carbocycles. The number of hydrogen-bond donors (Lipinski definition) is 2. The Kier molecular flexibility index (Phi) is 3.65. The fourth-order valence-electron chi connectivity index (χ4n) is 2.88. The summed E-state index contributed by atoms with van der Waals surface area (Å²) in [6, 6.07) is 10.5. The van der Waals surface area contributed by atoms with E-state index in [4.69, 9.17) is 0 Å². The minimum absolute atomic E-state index is 0.0296. The van der Waals surface area contributed by atoms with Gasteiger partial charge in [-0.15, -0.1) is 0 Å². The monoisotopic (exact) mass is 256 g/mol. The molecule has 1 saturated carbocycles. The number of nitrogens with one attached hydrogen (secondary N) is 2. The molecule has 0 spiro atoms. The summed E-state index contributed by atoms with van der Waals surface area (Å²) in [5, 5.41) is 4.62. The number of rotatable bonds is 3. The Morgan fingerprint density at radius 1 is 1.16 bits per heavy atom. The molecule has 3 heteroatoms. The molecule has 2 aromatic rings. The minimum Gasteiger partial charge on any atom is -0.322 e. The first kappa shape index (κ1) is 12.4. The Balaban J connectivity index is 1.76. The zero-order valence-corrected chi connectivity index (χ0v) is 11.1. The van der Waals surface area contributed by atoms with E-state index in [2.05, 4.69) is 10.3 Å². The summed E-state index contributed by atoms with van der Waals surface area (Å²) in [5.74, 6) is 0. The third kappa shape index (κ3) is 2.87. The highest BCUT2D eigenvalue weighted by Gasteiger charge is 2.13. The van der Waals surface area contributed by atoms with E-state index in [0.29, 0.717) is 12.6 Å². The minimum atomic E-state index is 0.0296. The fourth-order valence-corrected chi connectivity index (χ4v) is 2.88. The van der Waals surface area contributed by atoms with Crippen molar-refractivity contribution in [3.8, 4) is 0 Å². The van der Waals surface area contributed by atoms with E-state index in [-0.39, 0.29) is 5.56 Å². The summed E-state index contributed by atoms with van der Waals surface area (Å²) in [4.78, 5) is 15.0. The molecule has 1 heterocycles. The lowest BCUT2D eigenvalue weighted by atomic mass is 9.95. The van der Waals surface area contributed by atoms with Crippen LogP contribution in [0.5, 0.6) is 0 Å². The van der Waals surface area contributed by atoms with Gasteiger partial charge in [-0.3, -0.25) is 4.79 Å². The Bertz CT molecular complexity index is 611. The van der Waals surface area contributed by atoms with Crippen molar-refractivity contribution in [2.24, 2.45) is 0 Å². The Hall–Kier alpha value is -1.61. The van der Waals surface area contributed by atoms with Crippen molar-refractivity contribution < 1.29 is 0 Å². The molecule has 1 aliphatic rings. The van der Waals surface area contributed by atoms with Crippen LogP contribution in [0.1, 0.15) is 37.7 Å². The molecule has 0 unspecified atom stereocenters. The second kappa shape index (κ2) is 5.57. The van der Waals surface area contributed by atoms with Crippen molar-refractivity contribution in [3.05, 3.63) is 46.2 Å². The molecule has 1 aromatic carbocycles. The van der Waals surface area contributed by atoms with Crippen LogP contribution in [0, 0.1) is 0 Å². The van der Waals surface area contributed by atoms with Crippen molar-refractivity contribution in [1.29, 1.82) is 0 Å². The molecule has 2 N–H and O–H groups in total. The summed E-state index contributed by atoms with van der Waals surface area (Å²) in [5.41, 5.74) is 1.78.